The van der Waals surface area contributed by atoms with Crippen molar-refractivity contribution < 1.29 is 9.59 Å². The van der Waals surface area contributed by atoms with Crippen LogP contribution in [0.3, 0.4) is 0 Å². The van der Waals surface area contributed by atoms with Gasteiger partial charge in [-0.25, -0.2) is 4.98 Å². The summed E-state index contributed by atoms with van der Waals surface area (Å²) in [6.07, 6.45) is 1.62. The third-order valence-corrected chi connectivity index (χ3v) is 2.78. The van der Waals surface area contributed by atoms with Crippen LogP contribution in [0.15, 0.2) is 18.3 Å². The minimum absolute atomic E-state index is 0.122. The second-order valence-corrected chi connectivity index (χ2v) is 3.91. The molecule has 0 aromatic carbocycles. The lowest BCUT2D eigenvalue weighted by atomic mass is 10.1. The molecular formula is C11H14N4O2. The van der Waals surface area contributed by atoms with Gasteiger partial charge in [-0.1, -0.05) is 6.07 Å². The molecule has 1 aliphatic heterocycles. The first-order valence-corrected chi connectivity index (χ1v) is 5.37. The molecule has 1 aromatic rings. The van der Waals surface area contributed by atoms with E-state index in [2.05, 4.69) is 10.3 Å². The number of nitrogens with two attached hydrogens (primary N) is 1. The molecule has 1 aromatic heterocycles. The van der Waals surface area contributed by atoms with E-state index in [9.17, 15) is 9.59 Å². The third-order valence-electron chi connectivity index (χ3n) is 2.78. The predicted octanol–water partition coefficient (Wildman–Crippen LogP) is -0.608. The molecule has 90 valence electrons. The van der Waals surface area contributed by atoms with Gasteiger partial charge in [0.2, 0.25) is 11.8 Å². The molecule has 1 aliphatic rings. The highest BCUT2D eigenvalue weighted by Crippen LogP contribution is 2.20. The monoisotopic (exact) mass is 234 g/mol. The number of nitrogens with one attached hydrogen (secondary N) is 1. The van der Waals surface area contributed by atoms with Crippen molar-refractivity contribution in [1.82, 2.24) is 10.3 Å². The first kappa shape index (κ1) is 11.5. The van der Waals surface area contributed by atoms with Gasteiger partial charge in [-0.3, -0.25) is 14.9 Å². The van der Waals surface area contributed by atoms with Crippen LogP contribution in [-0.4, -0.2) is 29.4 Å². The van der Waals surface area contributed by atoms with Crippen molar-refractivity contribution >= 4 is 17.6 Å². The van der Waals surface area contributed by atoms with E-state index in [1.807, 2.05) is 6.07 Å². The lowest BCUT2D eigenvalue weighted by molar-refractivity contribution is -0.132. The van der Waals surface area contributed by atoms with Crippen molar-refractivity contribution in [2.24, 2.45) is 5.73 Å². The molecule has 3 N–H and O–H groups in total. The second kappa shape index (κ2) is 4.50. The Morgan fingerprint density at radius 2 is 2.35 bits per heavy atom. The molecule has 2 heterocycles. The largest absolute Gasteiger partial charge is 0.335 e. The van der Waals surface area contributed by atoms with Crippen LogP contribution < -0.4 is 16.0 Å². The van der Waals surface area contributed by atoms with Gasteiger partial charge in [-0.05, 0) is 13.0 Å². The van der Waals surface area contributed by atoms with E-state index in [0.717, 1.165) is 5.56 Å². The zero-order valence-corrected chi connectivity index (χ0v) is 9.51. The maximum absolute atomic E-state index is 11.6. The average molecular weight is 234 g/mol. The third kappa shape index (κ3) is 2.12. The summed E-state index contributed by atoms with van der Waals surface area (Å²) in [6.45, 7) is 2.18. The van der Waals surface area contributed by atoms with Crippen molar-refractivity contribution in [3.63, 3.8) is 0 Å². The molecule has 0 saturated carbocycles. The number of carbonyl (C=O) groups excluding carboxylic acids is 2. The summed E-state index contributed by atoms with van der Waals surface area (Å²) in [5.41, 5.74) is 6.44. The second-order valence-electron chi connectivity index (χ2n) is 3.91. The van der Waals surface area contributed by atoms with Gasteiger partial charge in [0.15, 0.2) is 0 Å². The molecule has 0 aliphatic carbocycles. The van der Waals surface area contributed by atoms with Crippen LogP contribution in [0.1, 0.15) is 12.5 Å². The number of anilines is 1. The van der Waals surface area contributed by atoms with Gasteiger partial charge in [-0.15, -0.1) is 0 Å². The standard InChI is InChI=1S/C11H14N4O2/c1-7-11(17)14-9(16)6-15(7)10-8(5-12)3-2-4-13-10/h2-4,7H,5-6,12H2,1H3,(H,14,16,17). The molecule has 1 saturated heterocycles. The number of aromatic nitrogens is 1. The summed E-state index contributed by atoms with van der Waals surface area (Å²) in [6, 6.07) is 3.20. The number of nitrogens with zero attached hydrogens (tertiary/aromatic N) is 2. The molecule has 1 atom stereocenters. The first-order valence-electron chi connectivity index (χ1n) is 5.37. The highest BCUT2D eigenvalue weighted by molar-refractivity contribution is 6.04. The highest BCUT2D eigenvalue weighted by atomic mass is 16.2. The molecule has 1 fully saturated rings. The number of hydrogen-bond acceptors (Lipinski definition) is 5. The Hall–Kier alpha value is -1.95. The number of piperazine rings is 1. The number of carbonyl (C=O) groups is 2. The smallest absolute Gasteiger partial charge is 0.249 e. The molecule has 0 radical (unpaired) electrons. The van der Waals surface area contributed by atoms with E-state index in [0.29, 0.717) is 12.4 Å². The zero-order chi connectivity index (χ0) is 12.4. The van der Waals surface area contributed by atoms with Crippen LogP contribution in [0.25, 0.3) is 0 Å². The molecule has 2 amide bonds. The van der Waals surface area contributed by atoms with Crippen LogP contribution in [0.2, 0.25) is 0 Å². The Kier molecular flexibility index (Phi) is 3.06. The van der Waals surface area contributed by atoms with Crippen LogP contribution in [0, 0.1) is 0 Å². The van der Waals surface area contributed by atoms with E-state index in [-0.39, 0.29) is 18.4 Å². The summed E-state index contributed by atoms with van der Waals surface area (Å²) in [5, 5.41) is 2.29. The molecule has 0 spiro atoms. The highest BCUT2D eigenvalue weighted by Gasteiger charge is 2.31. The molecule has 6 heteroatoms. The minimum Gasteiger partial charge on any atom is -0.335 e. The van der Waals surface area contributed by atoms with E-state index in [1.165, 1.54) is 0 Å². The topological polar surface area (TPSA) is 88.3 Å². The van der Waals surface area contributed by atoms with Gasteiger partial charge in [0, 0.05) is 18.3 Å². The normalized spacial score (nSPS) is 20.4. The lowest BCUT2D eigenvalue weighted by Crippen LogP contribution is -2.57. The number of amides is 2. The molecular weight excluding hydrogens is 220 g/mol. The Morgan fingerprint density at radius 1 is 1.59 bits per heavy atom. The Balaban J connectivity index is 2.37. The lowest BCUT2D eigenvalue weighted by Gasteiger charge is -2.33. The molecule has 17 heavy (non-hydrogen) atoms. The number of pyridine rings is 1. The molecule has 0 bridgehead atoms. The fourth-order valence-electron chi connectivity index (χ4n) is 1.82. The Labute approximate surface area is 98.8 Å². The average Bonchev–Trinajstić information content (AvgIpc) is 2.33. The van der Waals surface area contributed by atoms with Crippen LogP contribution >= 0.6 is 0 Å². The summed E-state index contributed by atoms with van der Waals surface area (Å²) in [7, 11) is 0. The Morgan fingerprint density at radius 3 is 3.06 bits per heavy atom. The summed E-state index contributed by atoms with van der Waals surface area (Å²) in [4.78, 5) is 28.8. The van der Waals surface area contributed by atoms with Crippen molar-refractivity contribution in [3.05, 3.63) is 23.9 Å². The van der Waals surface area contributed by atoms with Crippen molar-refractivity contribution in [2.75, 3.05) is 11.4 Å². The van der Waals surface area contributed by atoms with Gasteiger partial charge in [0.05, 0.1) is 6.54 Å². The van der Waals surface area contributed by atoms with Crippen LogP contribution in [0.4, 0.5) is 5.82 Å². The van der Waals surface area contributed by atoms with Gasteiger partial charge < -0.3 is 10.6 Å². The first-order chi connectivity index (χ1) is 8.13. The van der Waals surface area contributed by atoms with Crippen LogP contribution in [0.5, 0.6) is 0 Å². The number of rotatable bonds is 2. The van der Waals surface area contributed by atoms with Gasteiger partial charge in [0.25, 0.3) is 0 Å². The van der Waals surface area contributed by atoms with Crippen molar-refractivity contribution in [1.29, 1.82) is 0 Å². The quantitative estimate of drug-likeness (QED) is 0.666. The summed E-state index contributed by atoms with van der Waals surface area (Å²) >= 11 is 0. The fraction of sp³-hybridized carbons (Fsp3) is 0.364. The minimum atomic E-state index is -0.423. The predicted molar refractivity (Wildman–Crippen MR) is 62.1 cm³/mol. The maximum Gasteiger partial charge on any atom is 0.249 e. The van der Waals surface area contributed by atoms with Gasteiger partial charge in [0.1, 0.15) is 11.9 Å². The van der Waals surface area contributed by atoms with Gasteiger partial charge >= 0.3 is 0 Å². The fourth-order valence-corrected chi connectivity index (χ4v) is 1.82. The van der Waals surface area contributed by atoms with E-state index >= 15 is 0 Å². The van der Waals surface area contributed by atoms with Crippen LogP contribution in [-0.2, 0) is 16.1 Å². The molecule has 2 rings (SSSR count). The van der Waals surface area contributed by atoms with E-state index < -0.39 is 6.04 Å². The van der Waals surface area contributed by atoms with Gasteiger partial charge in [-0.2, -0.15) is 0 Å². The van der Waals surface area contributed by atoms with E-state index in [4.69, 9.17) is 5.73 Å². The molecule has 1 unspecified atom stereocenters. The van der Waals surface area contributed by atoms with Crippen molar-refractivity contribution in [2.45, 2.75) is 19.5 Å². The maximum atomic E-state index is 11.6. The number of hydrogen-bond donors (Lipinski definition) is 2. The number of imide groups is 1. The SMILES string of the molecule is CC1C(=O)NC(=O)CN1c1ncccc1CN. The van der Waals surface area contributed by atoms with E-state index in [1.54, 1.807) is 24.1 Å². The summed E-state index contributed by atoms with van der Waals surface area (Å²) < 4.78 is 0. The van der Waals surface area contributed by atoms with Crippen molar-refractivity contribution in [3.8, 4) is 0 Å². The summed E-state index contributed by atoms with van der Waals surface area (Å²) in [5.74, 6) is -0.0256. The zero-order valence-electron chi connectivity index (χ0n) is 9.51. The Bertz CT molecular complexity index is 461. The molecule has 6 nitrogen and oxygen atoms in total.